The average molecular weight is 260 g/mol. The largest absolute Gasteiger partial charge is 0.492 e. The highest BCUT2D eigenvalue weighted by Crippen LogP contribution is 2.11. The van der Waals surface area contributed by atoms with E-state index in [0.29, 0.717) is 19.0 Å². The number of hydrogen-bond donors (Lipinski definition) is 2. The molecule has 2 aromatic rings. The molecule has 2 N–H and O–H groups in total. The number of aryl methyl sites for hydroxylation is 2. The molecule has 0 aliphatic rings. The summed E-state index contributed by atoms with van der Waals surface area (Å²) in [5, 5.41) is 9.08. The second-order valence-corrected chi connectivity index (χ2v) is 4.17. The number of aromatic amines is 1. The molecule has 1 aromatic heterocycles. The Labute approximate surface area is 111 Å². The van der Waals surface area contributed by atoms with Crippen LogP contribution < -0.4 is 10.1 Å². The predicted octanol–water partition coefficient (Wildman–Crippen LogP) is 1.23. The Morgan fingerprint density at radius 3 is 2.95 bits per heavy atom. The van der Waals surface area contributed by atoms with E-state index in [1.165, 1.54) is 0 Å². The second kappa shape index (κ2) is 5.99. The van der Waals surface area contributed by atoms with Crippen LogP contribution in [0.5, 0.6) is 5.75 Å². The summed E-state index contributed by atoms with van der Waals surface area (Å²) in [4.78, 5) is 15.6. The van der Waals surface area contributed by atoms with Crippen LogP contribution in [0.3, 0.4) is 0 Å². The first-order valence-corrected chi connectivity index (χ1v) is 6.02. The zero-order valence-electron chi connectivity index (χ0n) is 10.9. The van der Waals surface area contributed by atoms with Gasteiger partial charge in [0.1, 0.15) is 18.2 Å². The third-order valence-electron chi connectivity index (χ3n) is 2.45. The number of benzene rings is 1. The van der Waals surface area contributed by atoms with Crippen LogP contribution in [-0.4, -0.2) is 34.2 Å². The molecule has 0 saturated heterocycles. The lowest BCUT2D eigenvalue weighted by Gasteiger charge is -2.07. The minimum atomic E-state index is -0.308. The summed E-state index contributed by atoms with van der Waals surface area (Å²) < 4.78 is 5.51. The van der Waals surface area contributed by atoms with Crippen LogP contribution in [0.4, 0.5) is 0 Å². The highest BCUT2D eigenvalue weighted by atomic mass is 16.5. The van der Waals surface area contributed by atoms with Gasteiger partial charge in [-0.2, -0.15) is 0 Å². The summed E-state index contributed by atoms with van der Waals surface area (Å²) in [5.41, 5.74) is 1.14. The molecule has 2 rings (SSSR count). The van der Waals surface area contributed by atoms with Crippen molar-refractivity contribution in [2.45, 2.75) is 13.8 Å². The number of nitrogens with one attached hydrogen (secondary N) is 2. The van der Waals surface area contributed by atoms with E-state index in [1.54, 1.807) is 6.92 Å². The quantitative estimate of drug-likeness (QED) is 0.792. The fourth-order valence-corrected chi connectivity index (χ4v) is 1.56. The van der Waals surface area contributed by atoms with Crippen LogP contribution in [0.1, 0.15) is 22.0 Å². The van der Waals surface area contributed by atoms with Crippen molar-refractivity contribution in [2.75, 3.05) is 13.2 Å². The monoisotopic (exact) mass is 260 g/mol. The first-order valence-electron chi connectivity index (χ1n) is 6.02. The van der Waals surface area contributed by atoms with Crippen LogP contribution in [0.2, 0.25) is 0 Å². The van der Waals surface area contributed by atoms with Crippen LogP contribution in [0.25, 0.3) is 0 Å². The van der Waals surface area contributed by atoms with Gasteiger partial charge >= 0.3 is 0 Å². The Hall–Kier alpha value is -2.37. The Morgan fingerprint density at radius 1 is 1.42 bits per heavy atom. The maximum Gasteiger partial charge on any atom is 0.291 e. The van der Waals surface area contributed by atoms with Gasteiger partial charge in [-0.3, -0.25) is 9.89 Å². The van der Waals surface area contributed by atoms with Gasteiger partial charge in [0.25, 0.3) is 5.91 Å². The molecule has 0 radical (unpaired) electrons. The molecule has 1 aromatic carbocycles. The van der Waals surface area contributed by atoms with Crippen molar-refractivity contribution in [2.24, 2.45) is 0 Å². The van der Waals surface area contributed by atoms with Gasteiger partial charge in [0, 0.05) is 0 Å². The fraction of sp³-hybridized carbons (Fsp3) is 0.308. The van der Waals surface area contributed by atoms with Crippen LogP contribution in [-0.2, 0) is 0 Å². The number of carbonyl (C=O) groups excluding carboxylic acids is 1. The SMILES string of the molecule is Cc1cccc(OCCNC(=O)c2n[nH]c(C)n2)c1. The molecular formula is C13H16N4O2. The van der Waals surface area contributed by atoms with E-state index < -0.39 is 0 Å². The van der Waals surface area contributed by atoms with Gasteiger partial charge in [-0.1, -0.05) is 12.1 Å². The minimum Gasteiger partial charge on any atom is -0.492 e. The lowest BCUT2D eigenvalue weighted by atomic mass is 10.2. The van der Waals surface area contributed by atoms with Crippen molar-refractivity contribution in [3.05, 3.63) is 41.5 Å². The van der Waals surface area contributed by atoms with Gasteiger partial charge in [-0.25, -0.2) is 4.98 Å². The number of amides is 1. The van der Waals surface area contributed by atoms with Crippen molar-refractivity contribution in [1.29, 1.82) is 0 Å². The van der Waals surface area contributed by atoms with E-state index in [-0.39, 0.29) is 11.7 Å². The van der Waals surface area contributed by atoms with Gasteiger partial charge in [-0.15, -0.1) is 5.10 Å². The molecule has 0 spiro atoms. The number of nitrogens with zero attached hydrogens (tertiary/aromatic N) is 2. The zero-order chi connectivity index (χ0) is 13.7. The summed E-state index contributed by atoms with van der Waals surface area (Å²) in [6, 6.07) is 7.76. The summed E-state index contributed by atoms with van der Waals surface area (Å²) in [6.07, 6.45) is 0. The molecule has 0 atom stereocenters. The van der Waals surface area contributed by atoms with E-state index in [9.17, 15) is 4.79 Å². The third-order valence-corrected chi connectivity index (χ3v) is 2.45. The first-order chi connectivity index (χ1) is 9.15. The van der Waals surface area contributed by atoms with Crippen molar-refractivity contribution in [3.8, 4) is 5.75 Å². The van der Waals surface area contributed by atoms with Crippen LogP contribution >= 0.6 is 0 Å². The molecule has 0 aliphatic carbocycles. The molecule has 0 unspecified atom stereocenters. The van der Waals surface area contributed by atoms with Crippen molar-refractivity contribution >= 4 is 5.91 Å². The van der Waals surface area contributed by atoms with Crippen molar-refractivity contribution in [3.63, 3.8) is 0 Å². The molecule has 100 valence electrons. The van der Waals surface area contributed by atoms with E-state index in [0.717, 1.165) is 11.3 Å². The van der Waals surface area contributed by atoms with Gasteiger partial charge in [-0.05, 0) is 31.5 Å². The molecule has 6 nitrogen and oxygen atoms in total. The molecule has 0 aliphatic heterocycles. The topological polar surface area (TPSA) is 79.9 Å². The molecular weight excluding hydrogens is 244 g/mol. The average Bonchev–Trinajstić information content (AvgIpc) is 2.81. The van der Waals surface area contributed by atoms with Gasteiger partial charge in [0.2, 0.25) is 5.82 Å². The van der Waals surface area contributed by atoms with Crippen molar-refractivity contribution < 1.29 is 9.53 Å². The van der Waals surface area contributed by atoms with Gasteiger partial charge in [0.05, 0.1) is 6.54 Å². The number of hydrogen-bond acceptors (Lipinski definition) is 4. The molecule has 6 heteroatoms. The molecule has 0 bridgehead atoms. The Balaban J connectivity index is 1.74. The molecule has 0 fully saturated rings. The van der Waals surface area contributed by atoms with Gasteiger partial charge in [0.15, 0.2) is 0 Å². The fourth-order valence-electron chi connectivity index (χ4n) is 1.56. The third kappa shape index (κ3) is 3.80. The summed E-state index contributed by atoms with van der Waals surface area (Å²) in [7, 11) is 0. The molecule has 1 heterocycles. The maximum atomic E-state index is 11.6. The number of ether oxygens (including phenoxy) is 1. The Morgan fingerprint density at radius 2 is 2.26 bits per heavy atom. The number of rotatable bonds is 5. The first kappa shape index (κ1) is 13.1. The molecule has 1 amide bonds. The lowest BCUT2D eigenvalue weighted by molar-refractivity contribution is 0.0937. The lowest BCUT2D eigenvalue weighted by Crippen LogP contribution is -2.29. The smallest absolute Gasteiger partial charge is 0.291 e. The standard InChI is InChI=1S/C13H16N4O2/c1-9-4-3-5-11(8-9)19-7-6-14-13(18)12-15-10(2)16-17-12/h3-5,8H,6-7H2,1-2H3,(H,14,18)(H,15,16,17). The molecule has 0 saturated carbocycles. The second-order valence-electron chi connectivity index (χ2n) is 4.17. The normalized spacial score (nSPS) is 10.2. The van der Waals surface area contributed by atoms with Gasteiger partial charge < -0.3 is 10.1 Å². The van der Waals surface area contributed by atoms with Crippen LogP contribution in [0.15, 0.2) is 24.3 Å². The summed E-state index contributed by atoms with van der Waals surface area (Å²) in [6.45, 7) is 4.55. The van der Waals surface area contributed by atoms with E-state index in [1.807, 2.05) is 31.2 Å². The Kier molecular flexibility index (Phi) is 4.12. The number of aromatic nitrogens is 3. The Bertz CT molecular complexity index is 565. The van der Waals surface area contributed by atoms with E-state index in [4.69, 9.17) is 4.74 Å². The summed E-state index contributed by atoms with van der Waals surface area (Å²) >= 11 is 0. The minimum absolute atomic E-state index is 0.146. The number of carbonyl (C=O) groups is 1. The van der Waals surface area contributed by atoms with Crippen LogP contribution in [0, 0.1) is 13.8 Å². The number of H-pyrrole nitrogens is 1. The highest BCUT2D eigenvalue weighted by Gasteiger charge is 2.09. The maximum absolute atomic E-state index is 11.6. The molecule has 19 heavy (non-hydrogen) atoms. The summed E-state index contributed by atoms with van der Waals surface area (Å²) in [5.74, 6) is 1.24. The zero-order valence-corrected chi connectivity index (χ0v) is 10.9. The predicted molar refractivity (Wildman–Crippen MR) is 70.1 cm³/mol. The van der Waals surface area contributed by atoms with Crippen molar-refractivity contribution in [1.82, 2.24) is 20.5 Å². The van der Waals surface area contributed by atoms with E-state index >= 15 is 0 Å². The van der Waals surface area contributed by atoms with E-state index in [2.05, 4.69) is 20.5 Å². The highest BCUT2D eigenvalue weighted by molar-refractivity contribution is 5.90.